The number of fused-ring (bicyclic) bond motifs is 1. The van der Waals surface area contributed by atoms with E-state index < -0.39 is 18.0 Å². The molecule has 1 fully saturated rings. The van der Waals surface area contributed by atoms with Crippen LogP contribution in [0, 0.1) is 0 Å². The lowest BCUT2D eigenvalue weighted by Gasteiger charge is -2.12. The Morgan fingerprint density at radius 3 is 3.00 bits per heavy atom. The normalized spacial score (nSPS) is 17.8. The number of anilines is 1. The van der Waals surface area contributed by atoms with Crippen LogP contribution in [0.3, 0.4) is 0 Å². The second-order valence-electron chi connectivity index (χ2n) is 5.00. The van der Waals surface area contributed by atoms with E-state index in [4.69, 9.17) is 9.15 Å². The van der Waals surface area contributed by atoms with E-state index in [-0.39, 0.29) is 19.0 Å². The molecule has 1 saturated heterocycles. The number of aromatic nitrogens is 2. The lowest BCUT2D eigenvalue weighted by Crippen LogP contribution is -2.33. The van der Waals surface area contributed by atoms with Crippen molar-refractivity contribution in [2.75, 3.05) is 18.0 Å². The van der Waals surface area contributed by atoms with Crippen molar-refractivity contribution in [3.05, 3.63) is 22.8 Å². The Morgan fingerprint density at radius 1 is 1.50 bits per heavy atom. The van der Waals surface area contributed by atoms with Crippen LogP contribution >= 0.6 is 0 Å². The van der Waals surface area contributed by atoms with E-state index in [0.717, 1.165) is 0 Å². The first kappa shape index (κ1) is 14.1. The minimum absolute atomic E-state index is 0.191. The van der Waals surface area contributed by atoms with Gasteiger partial charge in [0.25, 0.3) is 0 Å². The third kappa shape index (κ3) is 2.41. The molecule has 1 N–H and O–H groups in total. The smallest absolute Gasteiger partial charge is 0.420 e. The van der Waals surface area contributed by atoms with E-state index in [0.29, 0.717) is 16.9 Å². The number of nitrogens with one attached hydrogen (secondary N) is 1. The maximum atomic E-state index is 11.9. The van der Waals surface area contributed by atoms with Crippen molar-refractivity contribution in [2.45, 2.75) is 13.0 Å². The van der Waals surface area contributed by atoms with Gasteiger partial charge in [-0.1, -0.05) is 0 Å². The van der Waals surface area contributed by atoms with E-state index >= 15 is 0 Å². The molecule has 9 nitrogen and oxygen atoms in total. The largest absolute Gasteiger partial charge is 0.442 e. The highest BCUT2D eigenvalue weighted by atomic mass is 16.6. The highest BCUT2D eigenvalue weighted by molar-refractivity contribution is 5.91. The molecule has 116 valence electrons. The van der Waals surface area contributed by atoms with Crippen LogP contribution in [0.25, 0.3) is 11.2 Å². The second-order valence-corrected chi connectivity index (χ2v) is 5.00. The molecule has 0 bridgehead atoms. The Bertz CT molecular complexity index is 808. The molecule has 0 saturated carbocycles. The van der Waals surface area contributed by atoms with Crippen LogP contribution in [-0.4, -0.2) is 40.7 Å². The molecule has 1 unspecified atom stereocenters. The third-order valence-corrected chi connectivity index (χ3v) is 3.37. The number of pyridine rings is 1. The zero-order valence-electron chi connectivity index (χ0n) is 12.0. The Balaban J connectivity index is 1.83. The van der Waals surface area contributed by atoms with Gasteiger partial charge in [0.2, 0.25) is 5.91 Å². The SMILES string of the molecule is CC(=O)NCC1CN(c2cnc3c(c2)oc(=O)n3C)C(=O)O1. The lowest BCUT2D eigenvalue weighted by molar-refractivity contribution is -0.119. The van der Waals surface area contributed by atoms with Gasteiger partial charge in [-0.05, 0) is 0 Å². The van der Waals surface area contributed by atoms with Gasteiger partial charge < -0.3 is 14.5 Å². The summed E-state index contributed by atoms with van der Waals surface area (Å²) in [5.41, 5.74) is 1.16. The maximum absolute atomic E-state index is 11.9. The minimum atomic E-state index is -0.533. The number of oxazole rings is 1. The van der Waals surface area contributed by atoms with Crippen molar-refractivity contribution in [1.82, 2.24) is 14.9 Å². The highest BCUT2D eigenvalue weighted by Gasteiger charge is 2.33. The number of nitrogens with zero attached hydrogens (tertiary/aromatic N) is 3. The fraction of sp³-hybridized carbons (Fsp3) is 0.385. The number of cyclic esters (lactones) is 1. The van der Waals surface area contributed by atoms with Gasteiger partial charge in [0.05, 0.1) is 25.0 Å². The van der Waals surface area contributed by atoms with Crippen LogP contribution < -0.4 is 16.0 Å². The van der Waals surface area contributed by atoms with E-state index in [1.165, 1.54) is 22.6 Å². The van der Waals surface area contributed by atoms with Crippen molar-refractivity contribution in [1.29, 1.82) is 0 Å². The average molecular weight is 306 g/mol. The zero-order chi connectivity index (χ0) is 15.9. The molecule has 2 aromatic rings. The molecule has 2 amide bonds. The van der Waals surface area contributed by atoms with Crippen LogP contribution in [0.1, 0.15) is 6.92 Å². The first-order valence-corrected chi connectivity index (χ1v) is 6.64. The van der Waals surface area contributed by atoms with Gasteiger partial charge in [-0.2, -0.15) is 0 Å². The van der Waals surface area contributed by atoms with Crippen LogP contribution in [-0.2, 0) is 16.6 Å². The Hall–Kier alpha value is -2.84. The molecule has 1 aliphatic rings. The minimum Gasteiger partial charge on any atom is -0.442 e. The van der Waals surface area contributed by atoms with Gasteiger partial charge in [-0.15, -0.1) is 0 Å². The van der Waals surface area contributed by atoms with Gasteiger partial charge in [0.1, 0.15) is 6.10 Å². The number of ether oxygens (including phenoxy) is 1. The lowest BCUT2D eigenvalue weighted by atomic mass is 10.3. The predicted molar refractivity (Wildman–Crippen MR) is 75.5 cm³/mol. The molecule has 9 heteroatoms. The van der Waals surface area contributed by atoms with Crippen LogP contribution in [0.4, 0.5) is 10.5 Å². The van der Waals surface area contributed by atoms with Crippen molar-refractivity contribution in [2.24, 2.45) is 7.05 Å². The summed E-state index contributed by atoms with van der Waals surface area (Å²) in [5.74, 6) is -0.712. The fourth-order valence-corrected chi connectivity index (χ4v) is 2.25. The maximum Gasteiger partial charge on any atom is 0.420 e. The molecule has 3 rings (SSSR count). The quantitative estimate of drug-likeness (QED) is 0.854. The number of rotatable bonds is 3. The van der Waals surface area contributed by atoms with Gasteiger partial charge in [0.15, 0.2) is 11.2 Å². The monoisotopic (exact) mass is 306 g/mol. The van der Waals surface area contributed by atoms with Gasteiger partial charge in [-0.25, -0.2) is 14.6 Å². The van der Waals surface area contributed by atoms with Crippen LogP contribution in [0.5, 0.6) is 0 Å². The molecule has 0 aliphatic carbocycles. The Morgan fingerprint density at radius 2 is 2.27 bits per heavy atom. The molecule has 0 spiro atoms. The first-order valence-electron chi connectivity index (χ1n) is 6.64. The van der Waals surface area contributed by atoms with Crippen molar-refractivity contribution >= 4 is 28.9 Å². The summed E-state index contributed by atoms with van der Waals surface area (Å²) in [6.07, 6.45) is 0.504. The average Bonchev–Trinajstić information content (AvgIpc) is 2.97. The Labute approximate surface area is 124 Å². The van der Waals surface area contributed by atoms with E-state index in [1.54, 1.807) is 13.1 Å². The fourth-order valence-electron chi connectivity index (χ4n) is 2.25. The molecule has 1 atom stereocenters. The summed E-state index contributed by atoms with van der Waals surface area (Å²) in [5, 5.41) is 2.60. The van der Waals surface area contributed by atoms with Crippen molar-refractivity contribution in [3.63, 3.8) is 0 Å². The van der Waals surface area contributed by atoms with Crippen LogP contribution in [0.2, 0.25) is 0 Å². The summed E-state index contributed by atoms with van der Waals surface area (Å²) in [4.78, 5) is 39.8. The number of hydrogen-bond donors (Lipinski definition) is 1. The molecule has 2 aromatic heterocycles. The van der Waals surface area contributed by atoms with E-state index in [9.17, 15) is 14.4 Å². The van der Waals surface area contributed by atoms with E-state index in [1.807, 2.05) is 0 Å². The molecule has 3 heterocycles. The number of amides is 2. The van der Waals surface area contributed by atoms with Gasteiger partial charge >= 0.3 is 11.8 Å². The number of hydrogen-bond acceptors (Lipinski definition) is 6. The molecular weight excluding hydrogens is 292 g/mol. The van der Waals surface area contributed by atoms with Gasteiger partial charge in [0, 0.05) is 20.0 Å². The third-order valence-electron chi connectivity index (χ3n) is 3.37. The summed E-state index contributed by atoms with van der Waals surface area (Å²) in [6.45, 7) is 1.92. The standard InChI is InChI=1S/C13H14N4O5/c1-7(18)14-5-9-6-17(13(20)21-9)8-3-10-11(15-4-8)16(2)12(19)22-10/h3-4,9H,5-6H2,1-2H3,(H,14,18). The molecular formula is C13H14N4O5. The highest BCUT2D eigenvalue weighted by Crippen LogP contribution is 2.23. The Kier molecular flexibility index (Phi) is 3.32. The summed E-state index contributed by atoms with van der Waals surface area (Å²) in [6, 6.07) is 1.56. The molecule has 22 heavy (non-hydrogen) atoms. The summed E-state index contributed by atoms with van der Waals surface area (Å²) >= 11 is 0. The number of carbonyl (C=O) groups is 2. The molecule has 0 aromatic carbocycles. The van der Waals surface area contributed by atoms with Crippen molar-refractivity contribution < 1.29 is 18.7 Å². The summed E-state index contributed by atoms with van der Waals surface area (Å²) < 4.78 is 11.5. The number of aryl methyl sites for hydroxylation is 1. The van der Waals surface area contributed by atoms with E-state index in [2.05, 4.69) is 10.3 Å². The predicted octanol–water partition coefficient (Wildman–Crippen LogP) is -0.0122. The summed E-state index contributed by atoms with van der Waals surface area (Å²) in [7, 11) is 1.55. The topological polar surface area (TPSA) is 107 Å². The first-order chi connectivity index (χ1) is 10.5. The van der Waals surface area contributed by atoms with Crippen molar-refractivity contribution in [3.8, 4) is 0 Å². The molecule has 0 radical (unpaired) electrons. The molecule has 1 aliphatic heterocycles. The van der Waals surface area contributed by atoms with Gasteiger partial charge in [-0.3, -0.25) is 14.3 Å². The van der Waals surface area contributed by atoms with Crippen LogP contribution in [0.15, 0.2) is 21.5 Å². The number of carbonyl (C=O) groups excluding carboxylic acids is 2. The zero-order valence-corrected chi connectivity index (χ0v) is 12.0. The second kappa shape index (κ2) is 5.17.